The molecule has 1 aromatic rings. The van der Waals surface area contributed by atoms with Crippen molar-refractivity contribution in [1.29, 1.82) is 0 Å². The van der Waals surface area contributed by atoms with E-state index in [2.05, 4.69) is 34.7 Å². The first-order chi connectivity index (χ1) is 12.4. The molecule has 1 aromatic carbocycles. The number of nitrogens with zero attached hydrogens (tertiary/aromatic N) is 1. The van der Waals surface area contributed by atoms with Crippen molar-refractivity contribution in [1.82, 2.24) is 4.90 Å². The van der Waals surface area contributed by atoms with Crippen LogP contribution < -0.4 is 5.73 Å². The Kier molecular flexibility index (Phi) is 10.3. The molecule has 0 saturated carbocycles. The SMILES string of the molecule is CCN(CC)Cc1cc(C(=O)OCCCCCOC(C)=O)cc(Br)c1N. The molecule has 0 fully saturated rings. The van der Waals surface area contributed by atoms with Gasteiger partial charge in [-0.15, -0.1) is 0 Å². The molecule has 2 N–H and O–H groups in total. The number of rotatable bonds is 11. The van der Waals surface area contributed by atoms with Gasteiger partial charge in [-0.2, -0.15) is 0 Å². The van der Waals surface area contributed by atoms with Gasteiger partial charge in [-0.25, -0.2) is 4.79 Å². The van der Waals surface area contributed by atoms with Crippen LogP contribution in [-0.2, 0) is 20.8 Å². The second kappa shape index (κ2) is 11.9. The average molecular weight is 429 g/mol. The van der Waals surface area contributed by atoms with Crippen molar-refractivity contribution >= 4 is 33.6 Å². The van der Waals surface area contributed by atoms with Crippen molar-refractivity contribution in [2.45, 2.75) is 46.6 Å². The third-order valence-electron chi connectivity index (χ3n) is 4.07. The number of halogens is 1. The fourth-order valence-electron chi connectivity index (χ4n) is 2.46. The first kappa shape index (κ1) is 22.4. The molecule has 7 heteroatoms. The molecule has 0 aliphatic heterocycles. The maximum absolute atomic E-state index is 12.3. The summed E-state index contributed by atoms with van der Waals surface area (Å²) in [7, 11) is 0. The smallest absolute Gasteiger partial charge is 0.338 e. The third kappa shape index (κ3) is 7.74. The molecule has 0 unspecified atom stereocenters. The Morgan fingerprint density at radius 1 is 1.08 bits per heavy atom. The molecular weight excluding hydrogens is 400 g/mol. The van der Waals surface area contributed by atoms with Crippen molar-refractivity contribution in [2.75, 3.05) is 32.0 Å². The Labute approximate surface area is 164 Å². The Hall–Kier alpha value is -1.60. The van der Waals surface area contributed by atoms with Crippen LogP contribution in [-0.4, -0.2) is 43.1 Å². The Morgan fingerprint density at radius 2 is 1.69 bits per heavy atom. The number of nitrogens with two attached hydrogens (primary N) is 1. The molecule has 0 bridgehead atoms. The van der Waals surface area contributed by atoms with E-state index < -0.39 is 0 Å². The molecule has 1 rings (SSSR count). The van der Waals surface area contributed by atoms with E-state index in [9.17, 15) is 9.59 Å². The summed E-state index contributed by atoms with van der Waals surface area (Å²) in [5.74, 6) is -0.627. The van der Waals surface area contributed by atoms with Crippen molar-refractivity contribution < 1.29 is 19.1 Å². The van der Waals surface area contributed by atoms with Crippen LogP contribution in [0.25, 0.3) is 0 Å². The lowest BCUT2D eigenvalue weighted by molar-refractivity contribution is -0.141. The molecular formula is C19H29BrN2O4. The highest BCUT2D eigenvalue weighted by Crippen LogP contribution is 2.27. The van der Waals surface area contributed by atoms with Crippen LogP contribution in [0.2, 0.25) is 0 Å². The number of hydrogen-bond donors (Lipinski definition) is 1. The number of esters is 2. The second-order valence-electron chi connectivity index (χ2n) is 6.03. The summed E-state index contributed by atoms with van der Waals surface area (Å²) in [5, 5.41) is 0. The first-order valence-corrected chi connectivity index (χ1v) is 9.79. The number of benzene rings is 1. The number of anilines is 1. The molecule has 0 aromatic heterocycles. The molecule has 26 heavy (non-hydrogen) atoms. The zero-order valence-electron chi connectivity index (χ0n) is 15.8. The maximum Gasteiger partial charge on any atom is 0.338 e. The number of hydrogen-bond acceptors (Lipinski definition) is 6. The summed E-state index contributed by atoms with van der Waals surface area (Å²) >= 11 is 3.43. The van der Waals surface area contributed by atoms with Crippen molar-refractivity contribution in [3.05, 3.63) is 27.7 Å². The van der Waals surface area contributed by atoms with Gasteiger partial charge in [0.05, 0.1) is 24.5 Å². The van der Waals surface area contributed by atoms with Crippen LogP contribution in [0.5, 0.6) is 0 Å². The van der Waals surface area contributed by atoms with E-state index in [0.29, 0.717) is 35.5 Å². The van der Waals surface area contributed by atoms with Crippen molar-refractivity contribution in [2.24, 2.45) is 0 Å². The summed E-state index contributed by atoms with van der Waals surface area (Å²) < 4.78 is 10.9. The van der Waals surface area contributed by atoms with Gasteiger partial charge >= 0.3 is 11.9 Å². The predicted octanol–water partition coefficient (Wildman–Crippen LogP) is 3.76. The minimum atomic E-state index is -0.355. The third-order valence-corrected chi connectivity index (χ3v) is 4.72. The van der Waals surface area contributed by atoms with E-state index in [4.69, 9.17) is 15.2 Å². The summed E-state index contributed by atoms with van der Waals surface area (Å²) in [5.41, 5.74) is 8.20. The van der Waals surface area contributed by atoms with E-state index in [1.807, 2.05) is 0 Å². The summed E-state index contributed by atoms with van der Waals surface area (Å²) in [6.07, 6.45) is 2.33. The zero-order chi connectivity index (χ0) is 19.5. The van der Waals surface area contributed by atoms with Gasteiger partial charge in [0, 0.05) is 17.9 Å². The zero-order valence-corrected chi connectivity index (χ0v) is 17.4. The van der Waals surface area contributed by atoms with Crippen LogP contribution in [0, 0.1) is 0 Å². The number of nitrogen functional groups attached to an aromatic ring is 1. The van der Waals surface area contributed by atoms with Gasteiger partial charge in [-0.3, -0.25) is 9.69 Å². The largest absolute Gasteiger partial charge is 0.466 e. The average Bonchev–Trinajstić information content (AvgIpc) is 2.61. The normalized spacial score (nSPS) is 10.8. The minimum Gasteiger partial charge on any atom is -0.466 e. The Balaban J connectivity index is 2.55. The van der Waals surface area contributed by atoms with E-state index in [1.165, 1.54) is 6.92 Å². The molecule has 146 valence electrons. The lowest BCUT2D eigenvalue weighted by atomic mass is 10.1. The molecule has 0 aliphatic rings. The number of carbonyl (C=O) groups excluding carboxylic acids is 2. The number of carbonyl (C=O) groups is 2. The highest BCUT2D eigenvalue weighted by molar-refractivity contribution is 9.10. The molecule has 0 radical (unpaired) electrons. The van der Waals surface area contributed by atoms with E-state index in [1.54, 1.807) is 12.1 Å². The minimum absolute atomic E-state index is 0.272. The quantitative estimate of drug-likeness (QED) is 0.328. The topological polar surface area (TPSA) is 81.9 Å². The van der Waals surface area contributed by atoms with Crippen LogP contribution in [0.4, 0.5) is 5.69 Å². The second-order valence-corrected chi connectivity index (χ2v) is 6.88. The summed E-state index contributed by atoms with van der Waals surface area (Å²) in [6.45, 7) is 8.83. The fourth-order valence-corrected chi connectivity index (χ4v) is 2.96. The highest BCUT2D eigenvalue weighted by Gasteiger charge is 2.14. The van der Waals surface area contributed by atoms with Crippen LogP contribution in [0.15, 0.2) is 16.6 Å². The lowest BCUT2D eigenvalue weighted by Crippen LogP contribution is -2.23. The summed E-state index contributed by atoms with van der Waals surface area (Å²) in [6, 6.07) is 3.51. The Morgan fingerprint density at radius 3 is 2.27 bits per heavy atom. The van der Waals surface area contributed by atoms with Crippen LogP contribution in [0.3, 0.4) is 0 Å². The molecule has 6 nitrogen and oxygen atoms in total. The van der Waals surface area contributed by atoms with Crippen LogP contribution in [0.1, 0.15) is 56.0 Å². The van der Waals surface area contributed by atoms with Gasteiger partial charge in [-0.1, -0.05) is 13.8 Å². The molecule has 0 heterocycles. The lowest BCUT2D eigenvalue weighted by Gasteiger charge is -2.20. The standard InChI is InChI=1S/C19H29BrN2O4/c1-4-22(5-2)13-16-11-15(12-17(20)18(16)21)19(24)26-10-8-6-7-9-25-14(3)23/h11-12H,4-10,13,21H2,1-3H3. The fraction of sp³-hybridized carbons (Fsp3) is 0.579. The van der Waals surface area contributed by atoms with Gasteiger partial charge in [-0.05, 0) is 66.0 Å². The van der Waals surface area contributed by atoms with Gasteiger partial charge in [0.1, 0.15) is 0 Å². The molecule has 0 atom stereocenters. The number of ether oxygens (including phenoxy) is 2. The molecule has 0 amide bonds. The first-order valence-electron chi connectivity index (χ1n) is 8.99. The Bertz CT molecular complexity index is 603. The molecule has 0 spiro atoms. The highest BCUT2D eigenvalue weighted by atomic mass is 79.9. The van der Waals surface area contributed by atoms with E-state index in [-0.39, 0.29) is 11.9 Å². The van der Waals surface area contributed by atoms with Gasteiger partial charge in [0.15, 0.2) is 0 Å². The van der Waals surface area contributed by atoms with Crippen molar-refractivity contribution in [3.8, 4) is 0 Å². The van der Waals surface area contributed by atoms with Crippen molar-refractivity contribution in [3.63, 3.8) is 0 Å². The van der Waals surface area contributed by atoms with Crippen LogP contribution >= 0.6 is 15.9 Å². The summed E-state index contributed by atoms with van der Waals surface area (Å²) in [4.78, 5) is 25.2. The number of unbranched alkanes of at least 4 members (excludes halogenated alkanes) is 2. The maximum atomic E-state index is 12.3. The van der Waals surface area contributed by atoms with E-state index >= 15 is 0 Å². The van der Waals surface area contributed by atoms with Gasteiger partial charge in [0.2, 0.25) is 0 Å². The molecule has 0 aliphatic carbocycles. The monoisotopic (exact) mass is 428 g/mol. The van der Waals surface area contributed by atoms with Gasteiger partial charge in [0.25, 0.3) is 0 Å². The molecule has 0 saturated heterocycles. The predicted molar refractivity (Wildman–Crippen MR) is 106 cm³/mol. The van der Waals surface area contributed by atoms with E-state index in [0.717, 1.165) is 37.9 Å². The van der Waals surface area contributed by atoms with Gasteiger partial charge < -0.3 is 15.2 Å².